The Kier molecular flexibility index (Phi) is 4.94. The van der Waals surface area contributed by atoms with Crippen LogP contribution in [0.25, 0.3) is 0 Å². The second kappa shape index (κ2) is 7.16. The maximum absolute atomic E-state index is 13.0. The van der Waals surface area contributed by atoms with Gasteiger partial charge in [-0.15, -0.1) is 6.42 Å². The molecule has 2 aliphatic rings. The van der Waals surface area contributed by atoms with Crippen molar-refractivity contribution in [1.82, 2.24) is 15.1 Å². The SMILES string of the molecule is C#CCN(Cc1ccc(F)cc1)C(=O)CN1C(=O)NC2(CCCC2)C1=O. The summed E-state index contributed by atoms with van der Waals surface area (Å²) in [4.78, 5) is 39.8. The second-order valence-electron chi connectivity index (χ2n) is 6.69. The zero-order chi connectivity index (χ0) is 18.7. The Morgan fingerprint density at radius 3 is 2.54 bits per heavy atom. The van der Waals surface area contributed by atoms with Gasteiger partial charge in [0, 0.05) is 6.54 Å². The summed E-state index contributed by atoms with van der Waals surface area (Å²) in [7, 11) is 0. The van der Waals surface area contributed by atoms with Gasteiger partial charge in [-0.2, -0.15) is 0 Å². The highest BCUT2D eigenvalue weighted by Crippen LogP contribution is 2.34. The lowest BCUT2D eigenvalue weighted by atomic mass is 9.98. The van der Waals surface area contributed by atoms with E-state index in [1.165, 1.54) is 17.0 Å². The van der Waals surface area contributed by atoms with Crippen LogP contribution in [0.15, 0.2) is 24.3 Å². The number of urea groups is 1. The second-order valence-corrected chi connectivity index (χ2v) is 6.69. The highest BCUT2D eigenvalue weighted by atomic mass is 19.1. The predicted octanol–water partition coefficient (Wildman–Crippen LogP) is 1.65. The molecule has 3 rings (SSSR count). The topological polar surface area (TPSA) is 69.7 Å². The van der Waals surface area contributed by atoms with Gasteiger partial charge in [0.25, 0.3) is 5.91 Å². The van der Waals surface area contributed by atoms with Crippen molar-refractivity contribution in [2.45, 2.75) is 37.8 Å². The first-order chi connectivity index (χ1) is 12.4. The summed E-state index contributed by atoms with van der Waals surface area (Å²) in [5.74, 6) is 1.27. The van der Waals surface area contributed by atoms with Gasteiger partial charge in [0.05, 0.1) is 6.54 Å². The van der Waals surface area contributed by atoms with Gasteiger partial charge < -0.3 is 10.2 Å². The predicted molar refractivity (Wildman–Crippen MR) is 92.1 cm³/mol. The molecule has 0 unspecified atom stereocenters. The van der Waals surface area contributed by atoms with Gasteiger partial charge in [0.1, 0.15) is 17.9 Å². The standard InChI is InChI=1S/C19H20FN3O3/c1-2-11-22(12-14-5-7-15(20)8-6-14)16(24)13-23-17(25)19(21-18(23)26)9-3-4-10-19/h1,5-8H,3-4,9-13H2,(H,21,26). The summed E-state index contributed by atoms with van der Waals surface area (Å²) in [6, 6.07) is 5.19. The Hall–Kier alpha value is -2.88. The number of benzene rings is 1. The molecule has 4 amide bonds. The Morgan fingerprint density at radius 1 is 1.27 bits per heavy atom. The smallest absolute Gasteiger partial charge is 0.325 e. The number of imide groups is 1. The van der Waals surface area contributed by atoms with Crippen molar-refractivity contribution in [2.75, 3.05) is 13.1 Å². The molecule has 1 aliphatic carbocycles. The molecule has 6 nitrogen and oxygen atoms in total. The van der Waals surface area contributed by atoms with Crippen molar-refractivity contribution in [1.29, 1.82) is 0 Å². The van der Waals surface area contributed by atoms with Crippen LogP contribution in [0.4, 0.5) is 9.18 Å². The fourth-order valence-electron chi connectivity index (χ4n) is 3.53. The normalized spacial score (nSPS) is 18.1. The number of carbonyl (C=O) groups is 3. The first-order valence-corrected chi connectivity index (χ1v) is 8.55. The molecule has 7 heteroatoms. The van der Waals surface area contributed by atoms with E-state index in [1.54, 1.807) is 12.1 Å². The van der Waals surface area contributed by atoms with Crippen molar-refractivity contribution in [3.8, 4) is 12.3 Å². The third-order valence-electron chi connectivity index (χ3n) is 4.92. The number of hydrogen-bond donors (Lipinski definition) is 1. The largest absolute Gasteiger partial charge is 0.326 e. The molecule has 1 spiro atoms. The van der Waals surface area contributed by atoms with Gasteiger partial charge in [-0.05, 0) is 30.5 Å². The molecule has 1 aromatic carbocycles. The third-order valence-corrected chi connectivity index (χ3v) is 4.92. The van der Waals surface area contributed by atoms with Crippen molar-refractivity contribution in [3.63, 3.8) is 0 Å². The van der Waals surface area contributed by atoms with Crippen molar-refractivity contribution in [2.24, 2.45) is 0 Å². The van der Waals surface area contributed by atoms with E-state index >= 15 is 0 Å². The Labute approximate surface area is 151 Å². The van der Waals surface area contributed by atoms with Gasteiger partial charge in [0.2, 0.25) is 5.91 Å². The number of rotatable bonds is 5. The third kappa shape index (κ3) is 3.40. The highest BCUT2D eigenvalue weighted by Gasteiger charge is 2.52. The molecule has 1 saturated carbocycles. The van der Waals surface area contributed by atoms with E-state index in [4.69, 9.17) is 6.42 Å². The molecule has 0 radical (unpaired) electrons. The molecular formula is C19H20FN3O3. The molecule has 0 aromatic heterocycles. The van der Waals surface area contributed by atoms with Crippen LogP contribution in [0.2, 0.25) is 0 Å². The number of nitrogens with zero attached hydrogens (tertiary/aromatic N) is 2. The molecule has 1 heterocycles. The molecule has 0 atom stereocenters. The Bertz CT molecular complexity index is 763. The van der Waals surface area contributed by atoms with Crippen LogP contribution in [0.5, 0.6) is 0 Å². The lowest BCUT2D eigenvalue weighted by Crippen LogP contribution is -2.46. The van der Waals surface area contributed by atoms with Crippen LogP contribution in [0.3, 0.4) is 0 Å². The number of terminal acetylenes is 1. The molecular weight excluding hydrogens is 337 g/mol. The Balaban J connectivity index is 1.69. The molecule has 136 valence electrons. The van der Waals surface area contributed by atoms with Crippen LogP contribution in [-0.2, 0) is 16.1 Å². The first-order valence-electron chi connectivity index (χ1n) is 8.55. The van der Waals surface area contributed by atoms with E-state index in [2.05, 4.69) is 11.2 Å². The average molecular weight is 357 g/mol. The zero-order valence-corrected chi connectivity index (χ0v) is 14.3. The minimum absolute atomic E-state index is 0.0327. The van der Waals surface area contributed by atoms with E-state index in [0.717, 1.165) is 17.7 Å². The van der Waals surface area contributed by atoms with E-state index in [0.29, 0.717) is 18.4 Å². The number of amides is 4. The van der Waals surface area contributed by atoms with Crippen LogP contribution < -0.4 is 5.32 Å². The van der Waals surface area contributed by atoms with E-state index in [1.807, 2.05) is 0 Å². The fourth-order valence-corrected chi connectivity index (χ4v) is 3.53. The van der Waals surface area contributed by atoms with E-state index in [9.17, 15) is 18.8 Å². The summed E-state index contributed by atoms with van der Waals surface area (Å²) in [6.45, 7) is -0.140. The quantitative estimate of drug-likeness (QED) is 0.644. The first kappa shape index (κ1) is 17.9. The van der Waals surface area contributed by atoms with Crippen molar-refractivity contribution < 1.29 is 18.8 Å². The molecule has 2 fully saturated rings. The zero-order valence-electron chi connectivity index (χ0n) is 14.3. The van der Waals surface area contributed by atoms with Crippen molar-refractivity contribution >= 4 is 17.8 Å². The average Bonchev–Trinajstić information content (AvgIpc) is 3.17. The highest BCUT2D eigenvalue weighted by molar-refractivity contribution is 6.09. The van der Waals surface area contributed by atoms with E-state index in [-0.39, 0.29) is 31.4 Å². The molecule has 1 aliphatic heterocycles. The number of nitrogens with one attached hydrogen (secondary N) is 1. The number of carbonyl (C=O) groups excluding carboxylic acids is 3. The molecule has 0 bridgehead atoms. The summed E-state index contributed by atoms with van der Waals surface area (Å²) in [5.41, 5.74) is -0.134. The molecule has 1 aromatic rings. The maximum Gasteiger partial charge on any atom is 0.325 e. The van der Waals surface area contributed by atoms with Gasteiger partial charge in [0.15, 0.2) is 0 Å². The molecule has 26 heavy (non-hydrogen) atoms. The van der Waals surface area contributed by atoms with Gasteiger partial charge in [-0.3, -0.25) is 14.5 Å². The van der Waals surface area contributed by atoms with Crippen LogP contribution >= 0.6 is 0 Å². The fraction of sp³-hybridized carbons (Fsp3) is 0.421. The summed E-state index contributed by atoms with van der Waals surface area (Å²) in [6.07, 6.45) is 8.30. The van der Waals surface area contributed by atoms with Gasteiger partial charge in [-0.1, -0.05) is 30.9 Å². The lowest BCUT2D eigenvalue weighted by Gasteiger charge is -2.24. The minimum atomic E-state index is -0.842. The maximum atomic E-state index is 13.0. The minimum Gasteiger partial charge on any atom is -0.326 e. The molecule has 1 N–H and O–H groups in total. The van der Waals surface area contributed by atoms with Crippen LogP contribution in [0, 0.1) is 18.2 Å². The summed E-state index contributed by atoms with van der Waals surface area (Å²) in [5, 5.41) is 2.75. The molecule has 1 saturated heterocycles. The van der Waals surface area contributed by atoms with Gasteiger partial charge in [-0.25, -0.2) is 9.18 Å². The summed E-state index contributed by atoms with van der Waals surface area (Å²) >= 11 is 0. The van der Waals surface area contributed by atoms with Crippen LogP contribution in [0.1, 0.15) is 31.2 Å². The Morgan fingerprint density at radius 2 is 1.92 bits per heavy atom. The number of hydrogen-bond acceptors (Lipinski definition) is 3. The van der Waals surface area contributed by atoms with Crippen molar-refractivity contribution in [3.05, 3.63) is 35.6 Å². The van der Waals surface area contributed by atoms with E-state index < -0.39 is 17.5 Å². The van der Waals surface area contributed by atoms with Crippen LogP contribution in [-0.4, -0.2) is 46.3 Å². The number of halogens is 1. The lowest BCUT2D eigenvalue weighted by molar-refractivity contribution is -0.138. The van der Waals surface area contributed by atoms with Gasteiger partial charge >= 0.3 is 6.03 Å². The summed E-state index contributed by atoms with van der Waals surface area (Å²) < 4.78 is 13.0. The monoisotopic (exact) mass is 357 g/mol.